The molecular formula is C19H15ClO4. The second-order valence-electron chi connectivity index (χ2n) is 5.39. The Hall–Kier alpha value is -2.59. The number of carbonyl (C=O) groups is 1. The van der Waals surface area contributed by atoms with Crippen LogP contribution >= 0.6 is 11.6 Å². The van der Waals surface area contributed by atoms with Gasteiger partial charge in [-0.1, -0.05) is 30.7 Å². The number of aryl methyl sites for hydroxylation is 1. The smallest absolute Gasteiger partial charge is 0.308 e. The predicted molar refractivity (Wildman–Crippen MR) is 93.6 cm³/mol. The minimum Gasteiger partial charge on any atom is -0.463 e. The van der Waals surface area contributed by atoms with Crippen LogP contribution in [0.3, 0.4) is 0 Å². The molecule has 0 radical (unpaired) electrons. The van der Waals surface area contributed by atoms with Gasteiger partial charge >= 0.3 is 5.97 Å². The first-order valence-electron chi connectivity index (χ1n) is 7.52. The zero-order valence-corrected chi connectivity index (χ0v) is 14.0. The zero-order valence-electron chi connectivity index (χ0n) is 13.3. The topological polar surface area (TPSA) is 56.5 Å². The molecule has 5 heteroatoms. The highest BCUT2D eigenvalue weighted by Crippen LogP contribution is 2.28. The molecular weight excluding hydrogens is 328 g/mol. The van der Waals surface area contributed by atoms with Gasteiger partial charge in [0.15, 0.2) is 0 Å². The van der Waals surface area contributed by atoms with Crippen LogP contribution in [0.15, 0.2) is 51.9 Å². The average Bonchev–Trinajstić information content (AvgIpc) is 2.55. The summed E-state index contributed by atoms with van der Waals surface area (Å²) < 4.78 is 10.8. The van der Waals surface area contributed by atoms with Crippen LogP contribution in [0.4, 0.5) is 0 Å². The molecule has 0 bridgehead atoms. The maximum absolute atomic E-state index is 12.8. The van der Waals surface area contributed by atoms with Gasteiger partial charge in [0.25, 0.3) is 0 Å². The Morgan fingerprint density at radius 2 is 1.92 bits per heavy atom. The second kappa shape index (κ2) is 6.49. The lowest BCUT2D eigenvalue weighted by Gasteiger charge is -2.09. The summed E-state index contributed by atoms with van der Waals surface area (Å²) in [5.74, 6) is 0.00377. The first-order valence-corrected chi connectivity index (χ1v) is 7.90. The van der Waals surface area contributed by atoms with Gasteiger partial charge in [-0.2, -0.15) is 0 Å². The van der Waals surface area contributed by atoms with E-state index in [9.17, 15) is 9.59 Å². The Kier molecular flexibility index (Phi) is 4.40. The van der Waals surface area contributed by atoms with E-state index in [0.29, 0.717) is 33.7 Å². The molecule has 0 aliphatic carbocycles. The highest BCUT2D eigenvalue weighted by Gasteiger charge is 2.14. The lowest BCUT2D eigenvalue weighted by Crippen LogP contribution is -2.08. The Labute approximate surface area is 143 Å². The average molecular weight is 343 g/mol. The third-order valence-corrected chi connectivity index (χ3v) is 4.00. The summed E-state index contributed by atoms with van der Waals surface area (Å²) in [5.41, 5.74) is 2.21. The standard InChI is InChI=1S/C19H15ClO4/c1-3-12-8-15-18(9-17(12)24-11(2)21)23-10-16(19(15)22)13-4-6-14(20)7-5-13/h4-10H,3H2,1-2H3. The summed E-state index contributed by atoms with van der Waals surface area (Å²) in [6.07, 6.45) is 2.04. The fourth-order valence-electron chi connectivity index (χ4n) is 2.56. The molecule has 4 nitrogen and oxygen atoms in total. The maximum Gasteiger partial charge on any atom is 0.308 e. The van der Waals surface area contributed by atoms with Gasteiger partial charge in [-0.25, -0.2) is 0 Å². The second-order valence-corrected chi connectivity index (χ2v) is 5.83. The zero-order chi connectivity index (χ0) is 17.3. The summed E-state index contributed by atoms with van der Waals surface area (Å²) in [6.45, 7) is 3.27. The molecule has 0 spiro atoms. The van der Waals surface area contributed by atoms with E-state index < -0.39 is 5.97 Å². The molecule has 3 aromatic rings. The van der Waals surface area contributed by atoms with Crippen molar-refractivity contribution in [2.75, 3.05) is 0 Å². The molecule has 0 saturated carbocycles. The van der Waals surface area contributed by atoms with Crippen LogP contribution in [0.1, 0.15) is 19.4 Å². The number of carbonyl (C=O) groups excluding carboxylic acids is 1. The van der Waals surface area contributed by atoms with E-state index in [2.05, 4.69) is 0 Å². The van der Waals surface area contributed by atoms with E-state index in [1.165, 1.54) is 13.2 Å². The third kappa shape index (κ3) is 3.05. The Morgan fingerprint density at radius 3 is 2.54 bits per heavy atom. The van der Waals surface area contributed by atoms with Crippen LogP contribution in [0.25, 0.3) is 22.1 Å². The van der Waals surface area contributed by atoms with Crippen molar-refractivity contribution >= 4 is 28.5 Å². The number of halogens is 1. The van der Waals surface area contributed by atoms with Crippen molar-refractivity contribution in [2.45, 2.75) is 20.3 Å². The quantitative estimate of drug-likeness (QED) is 0.515. The lowest BCUT2D eigenvalue weighted by molar-refractivity contribution is -0.131. The molecule has 2 aromatic carbocycles. The Balaban J connectivity index is 2.20. The molecule has 0 saturated heterocycles. The third-order valence-electron chi connectivity index (χ3n) is 3.75. The summed E-state index contributed by atoms with van der Waals surface area (Å²) in [7, 11) is 0. The van der Waals surface area contributed by atoms with Gasteiger partial charge in [0.1, 0.15) is 17.6 Å². The van der Waals surface area contributed by atoms with Crippen LogP contribution in [0, 0.1) is 0 Å². The summed E-state index contributed by atoms with van der Waals surface area (Å²) in [5, 5.41) is 1.05. The first kappa shape index (κ1) is 16.3. The van der Waals surface area contributed by atoms with Crippen LogP contribution in [-0.2, 0) is 11.2 Å². The SMILES string of the molecule is CCc1cc2c(=O)c(-c3ccc(Cl)cc3)coc2cc1OC(C)=O. The summed E-state index contributed by atoms with van der Waals surface area (Å²) >= 11 is 5.89. The van der Waals surface area contributed by atoms with Crippen molar-refractivity contribution in [3.63, 3.8) is 0 Å². The first-order chi connectivity index (χ1) is 11.5. The van der Waals surface area contributed by atoms with Crippen LogP contribution in [0.2, 0.25) is 5.02 Å². The van der Waals surface area contributed by atoms with E-state index in [0.717, 1.165) is 11.1 Å². The molecule has 3 rings (SSSR count). The largest absolute Gasteiger partial charge is 0.463 e. The molecule has 0 unspecified atom stereocenters. The van der Waals surface area contributed by atoms with Gasteiger partial charge < -0.3 is 9.15 Å². The number of hydrogen-bond donors (Lipinski definition) is 0. The van der Waals surface area contributed by atoms with E-state index in [4.69, 9.17) is 20.8 Å². The van der Waals surface area contributed by atoms with Crippen molar-refractivity contribution in [1.82, 2.24) is 0 Å². The molecule has 1 heterocycles. The van der Waals surface area contributed by atoms with Crippen LogP contribution < -0.4 is 10.2 Å². The molecule has 24 heavy (non-hydrogen) atoms. The highest BCUT2D eigenvalue weighted by molar-refractivity contribution is 6.30. The van der Waals surface area contributed by atoms with E-state index in [1.54, 1.807) is 36.4 Å². The summed E-state index contributed by atoms with van der Waals surface area (Å²) in [6, 6.07) is 10.3. The number of fused-ring (bicyclic) bond motifs is 1. The highest BCUT2D eigenvalue weighted by atomic mass is 35.5. The molecule has 0 N–H and O–H groups in total. The molecule has 122 valence electrons. The van der Waals surface area contributed by atoms with Crippen molar-refractivity contribution in [3.8, 4) is 16.9 Å². The Bertz CT molecular complexity index is 971. The van der Waals surface area contributed by atoms with Crippen molar-refractivity contribution < 1.29 is 13.9 Å². The van der Waals surface area contributed by atoms with Crippen molar-refractivity contribution in [2.24, 2.45) is 0 Å². The maximum atomic E-state index is 12.8. The van der Waals surface area contributed by atoms with Crippen molar-refractivity contribution in [3.05, 3.63) is 63.5 Å². The minimum atomic E-state index is -0.413. The molecule has 0 aliphatic rings. The van der Waals surface area contributed by atoms with Crippen LogP contribution in [0.5, 0.6) is 5.75 Å². The number of benzene rings is 2. The number of rotatable bonds is 3. The lowest BCUT2D eigenvalue weighted by atomic mass is 10.0. The van der Waals surface area contributed by atoms with E-state index >= 15 is 0 Å². The molecule has 0 amide bonds. The number of hydrogen-bond acceptors (Lipinski definition) is 4. The van der Waals surface area contributed by atoms with E-state index in [-0.39, 0.29) is 5.43 Å². The normalized spacial score (nSPS) is 10.8. The van der Waals surface area contributed by atoms with Gasteiger partial charge in [-0.15, -0.1) is 0 Å². The molecule has 0 fully saturated rings. The summed E-state index contributed by atoms with van der Waals surface area (Å²) in [4.78, 5) is 24.0. The monoisotopic (exact) mass is 342 g/mol. The van der Waals surface area contributed by atoms with Gasteiger partial charge in [-0.05, 0) is 35.7 Å². The van der Waals surface area contributed by atoms with Crippen molar-refractivity contribution in [1.29, 1.82) is 0 Å². The fourth-order valence-corrected chi connectivity index (χ4v) is 2.68. The van der Waals surface area contributed by atoms with Gasteiger partial charge in [-0.3, -0.25) is 9.59 Å². The number of esters is 1. The van der Waals surface area contributed by atoms with Gasteiger partial charge in [0.05, 0.1) is 10.9 Å². The minimum absolute atomic E-state index is 0.136. The molecule has 0 atom stereocenters. The van der Waals surface area contributed by atoms with Crippen LogP contribution in [-0.4, -0.2) is 5.97 Å². The Morgan fingerprint density at radius 1 is 1.21 bits per heavy atom. The number of ether oxygens (including phenoxy) is 1. The van der Waals surface area contributed by atoms with Gasteiger partial charge in [0, 0.05) is 18.0 Å². The predicted octanol–water partition coefficient (Wildman–Crippen LogP) is 4.60. The van der Waals surface area contributed by atoms with E-state index in [1.807, 2.05) is 6.92 Å². The van der Waals surface area contributed by atoms with Gasteiger partial charge in [0.2, 0.25) is 5.43 Å². The molecule has 1 aromatic heterocycles. The molecule has 0 aliphatic heterocycles. The fraction of sp³-hybridized carbons (Fsp3) is 0.158.